The molecule has 0 saturated carbocycles. The number of fused-ring (bicyclic) bond motifs is 1. The molecule has 1 radical (unpaired) electrons. The fourth-order valence-corrected chi connectivity index (χ4v) is 2.60. The molecule has 0 aliphatic heterocycles. The molecule has 1 aromatic carbocycles. The number of ketones is 1. The minimum Gasteiger partial charge on any atom is -0.515 e. The molecule has 3 nitrogen and oxygen atoms in total. The van der Waals surface area contributed by atoms with Crippen molar-refractivity contribution in [3.8, 4) is 10.6 Å². The van der Waals surface area contributed by atoms with Crippen LogP contribution in [0.1, 0.15) is 13.8 Å². The number of carbonyl (C=O) groups is 1. The summed E-state index contributed by atoms with van der Waals surface area (Å²) in [6, 6.07) is 17.6. The van der Waals surface area contributed by atoms with Gasteiger partial charge in [-0.15, -0.1) is 23.6 Å². The van der Waals surface area contributed by atoms with Crippen molar-refractivity contribution in [1.82, 2.24) is 4.98 Å². The number of hydrogen-bond acceptors (Lipinski definition) is 4. The monoisotopic (exact) mass is 503 g/mol. The van der Waals surface area contributed by atoms with Gasteiger partial charge in [0.2, 0.25) is 0 Å². The molecule has 23 heavy (non-hydrogen) atoms. The Balaban J connectivity index is 0.000000287. The average molecular weight is 503 g/mol. The van der Waals surface area contributed by atoms with E-state index in [0.29, 0.717) is 5.57 Å². The van der Waals surface area contributed by atoms with E-state index >= 15 is 0 Å². The van der Waals surface area contributed by atoms with E-state index in [4.69, 9.17) is 5.11 Å². The largest absolute Gasteiger partial charge is 0.515 e. The second-order valence-corrected chi connectivity index (χ2v) is 5.69. The number of nitrogens with zero attached hydrogens (tertiary/aromatic N) is 1. The summed E-state index contributed by atoms with van der Waals surface area (Å²) in [6.07, 6.45) is 2.62. The van der Waals surface area contributed by atoms with Crippen LogP contribution < -0.4 is 0 Å². The first kappa shape index (κ1) is 19.2. The number of aromatic nitrogens is 1. The molecular formula is C18H16IrNO2S-. The number of aliphatic hydroxyl groups is 1. The second-order valence-electron chi connectivity index (χ2n) is 4.64. The van der Waals surface area contributed by atoms with Crippen molar-refractivity contribution in [2.75, 3.05) is 0 Å². The third-order valence-electron chi connectivity index (χ3n) is 2.99. The fourth-order valence-electron chi connectivity index (χ4n) is 1.62. The Morgan fingerprint density at radius 2 is 1.87 bits per heavy atom. The Morgan fingerprint density at radius 1 is 1.17 bits per heavy atom. The van der Waals surface area contributed by atoms with E-state index in [1.807, 2.05) is 30.5 Å². The summed E-state index contributed by atoms with van der Waals surface area (Å²) in [5.41, 5.74) is 1.39. The first-order chi connectivity index (χ1) is 10.6. The Kier molecular flexibility index (Phi) is 7.82. The van der Waals surface area contributed by atoms with Crippen molar-refractivity contribution in [2.45, 2.75) is 13.8 Å². The minimum absolute atomic E-state index is 0. The molecule has 0 aliphatic rings. The van der Waals surface area contributed by atoms with Crippen molar-refractivity contribution in [2.24, 2.45) is 0 Å². The predicted octanol–water partition coefficient (Wildman–Crippen LogP) is 4.80. The van der Waals surface area contributed by atoms with Gasteiger partial charge < -0.3 is 10.1 Å². The van der Waals surface area contributed by atoms with E-state index < -0.39 is 0 Å². The molecule has 2 aromatic heterocycles. The van der Waals surface area contributed by atoms with Crippen LogP contribution in [0.5, 0.6) is 0 Å². The number of hydrogen-bond donors (Lipinski definition) is 1. The molecule has 0 atom stereocenters. The van der Waals surface area contributed by atoms with Gasteiger partial charge in [0.15, 0.2) is 5.78 Å². The number of pyridine rings is 1. The van der Waals surface area contributed by atoms with Crippen molar-refractivity contribution in [3.05, 3.63) is 66.6 Å². The summed E-state index contributed by atoms with van der Waals surface area (Å²) in [5.74, 6) is -0.0949. The van der Waals surface area contributed by atoms with Crippen LogP contribution in [0.2, 0.25) is 0 Å². The van der Waals surface area contributed by atoms with Gasteiger partial charge in [-0.3, -0.25) is 4.79 Å². The van der Waals surface area contributed by atoms with Gasteiger partial charge in [-0.2, -0.15) is 0 Å². The van der Waals surface area contributed by atoms with Gasteiger partial charge in [-0.05, 0) is 29.5 Å². The molecule has 0 fully saturated rings. The average Bonchev–Trinajstić information content (AvgIpc) is 2.99. The van der Waals surface area contributed by atoms with E-state index in [9.17, 15) is 4.79 Å². The quantitative estimate of drug-likeness (QED) is 0.311. The molecule has 0 bridgehead atoms. The van der Waals surface area contributed by atoms with Crippen LogP contribution >= 0.6 is 11.3 Å². The van der Waals surface area contributed by atoms with Crippen molar-refractivity contribution >= 4 is 27.2 Å². The molecule has 2 heterocycles. The van der Waals surface area contributed by atoms with Gasteiger partial charge >= 0.3 is 0 Å². The Hall–Kier alpha value is -1.81. The molecule has 121 valence electrons. The zero-order valence-electron chi connectivity index (χ0n) is 12.7. The second kappa shape index (κ2) is 9.36. The topological polar surface area (TPSA) is 50.2 Å². The summed E-state index contributed by atoms with van der Waals surface area (Å²) >= 11 is 1.73. The number of aliphatic hydroxyl groups excluding tert-OH is 1. The Labute approximate surface area is 153 Å². The Bertz CT molecular complexity index is 764. The first-order valence-electron chi connectivity index (χ1n) is 6.76. The van der Waals surface area contributed by atoms with Gasteiger partial charge in [0.25, 0.3) is 0 Å². The molecule has 1 N–H and O–H groups in total. The normalized spacial score (nSPS) is 10.4. The third-order valence-corrected chi connectivity index (χ3v) is 4.09. The van der Waals surface area contributed by atoms with Crippen LogP contribution in [0.25, 0.3) is 20.7 Å². The predicted molar refractivity (Wildman–Crippen MR) is 91.0 cm³/mol. The van der Waals surface area contributed by atoms with Gasteiger partial charge in [0.05, 0.1) is 6.26 Å². The maximum absolute atomic E-state index is 10.1. The maximum atomic E-state index is 10.1. The summed E-state index contributed by atoms with van der Waals surface area (Å²) in [4.78, 5) is 15.6. The summed E-state index contributed by atoms with van der Waals surface area (Å²) in [7, 11) is 0. The number of thiophene rings is 1. The molecule has 0 saturated heterocycles. The minimum atomic E-state index is -0.0949. The van der Waals surface area contributed by atoms with Crippen LogP contribution in [0, 0.1) is 6.07 Å². The van der Waals surface area contributed by atoms with E-state index in [1.165, 1.54) is 17.0 Å². The molecule has 0 amide bonds. The van der Waals surface area contributed by atoms with Crippen molar-refractivity contribution in [3.63, 3.8) is 0 Å². The van der Waals surface area contributed by atoms with E-state index in [0.717, 1.165) is 16.8 Å². The zero-order chi connectivity index (χ0) is 15.9. The maximum Gasteiger partial charge on any atom is 0.158 e. The molecule has 0 aliphatic carbocycles. The number of benzene rings is 1. The van der Waals surface area contributed by atoms with Gasteiger partial charge in [0, 0.05) is 37.6 Å². The first-order valence-corrected chi connectivity index (χ1v) is 7.57. The Morgan fingerprint density at radius 3 is 2.39 bits per heavy atom. The number of carbonyl (C=O) groups excluding carboxylic acids is 1. The molecule has 3 aromatic rings. The summed E-state index contributed by atoms with van der Waals surface area (Å²) in [5, 5.41) is 9.29. The molecule has 0 spiro atoms. The van der Waals surface area contributed by atoms with Crippen LogP contribution in [-0.4, -0.2) is 15.9 Å². The number of Topliss-reactive ketones (excluding diaryl/α,β-unsaturated/α-hetero) is 1. The van der Waals surface area contributed by atoms with Gasteiger partial charge in [0.1, 0.15) is 0 Å². The molecule has 5 heteroatoms. The van der Waals surface area contributed by atoms with Crippen LogP contribution in [0.3, 0.4) is 0 Å². The van der Waals surface area contributed by atoms with Gasteiger partial charge in [-0.1, -0.05) is 24.3 Å². The molecular weight excluding hydrogens is 486 g/mol. The number of allylic oxidation sites excluding steroid dienone is 1. The SMILES string of the molecule is CC(=O)/C(C)=C\O.[Ir].[c-]1c(-c2ccccn2)sc2ccccc12. The van der Waals surface area contributed by atoms with Crippen molar-refractivity contribution in [1.29, 1.82) is 0 Å². The number of rotatable bonds is 2. The van der Waals surface area contributed by atoms with E-state index in [-0.39, 0.29) is 25.9 Å². The molecule has 3 rings (SSSR count). The molecule has 0 unspecified atom stereocenters. The zero-order valence-corrected chi connectivity index (χ0v) is 16.0. The summed E-state index contributed by atoms with van der Waals surface area (Å²) < 4.78 is 1.26. The third kappa shape index (κ3) is 5.39. The van der Waals surface area contributed by atoms with Crippen LogP contribution in [0.4, 0.5) is 0 Å². The standard InChI is InChI=1S/C13H8NS.C5H8O2.Ir/c1-2-7-12-10(5-1)9-13(15-12)11-6-3-4-8-14-11;1-4(3-6)5(2)7;/h1-8H;3,6H,1-2H3;/q-1;;/b;4-3-;. The van der Waals surface area contributed by atoms with Crippen LogP contribution in [-0.2, 0) is 24.9 Å². The van der Waals surface area contributed by atoms with Crippen molar-refractivity contribution < 1.29 is 30.0 Å². The van der Waals surface area contributed by atoms with Gasteiger partial charge in [-0.25, -0.2) is 11.3 Å². The van der Waals surface area contributed by atoms with E-state index in [2.05, 4.69) is 29.2 Å². The summed E-state index contributed by atoms with van der Waals surface area (Å²) in [6.45, 7) is 2.96. The van der Waals surface area contributed by atoms with Crippen LogP contribution in [0.15, 0.2) is 60.5 Å². The smallest absolute Gasteiger partial charge is 0.158 e. The van der Waals surface area contributed by atoms with E-state index in [1.54, 1.807) is 18.3 Å². The fraction of sp³-hybridized carbons (Fsp3) is 0.111.